The largest absolute Gasteiger partial charge is 0.317 e. The van der Waals surface area contributed by atoms with Gasteiger partial charge in [0, 0.05) is 4.88 Å². The van der Waals surface area contributed by atoms with Crippen molar-refractivity contribution in [2.75, 3.05) is 0 Å². The lowest BCUT2D eigenvalue weighted by molar-refractivity contribution is 0.0958. The molecule has 1 heterocycles. The Labute approximate surface area is 96.5 Å². The van der Waals surface area contributed by atoms with Crippen LogP contribution in [0.2, 0.25) is 0 Å². The van der Waals surface area contributed by atoms with Gasteiger partial charge in [-0.2, -0.15) is 0 Å². The fourth-order valence-electron chi connectivity index (χ4n) is 1.43. The van der Waals surface area contributed by atoms with Crippen LogP contribution in [0.3, 0.4) is 0 Å². The van der Waals surface area contributed by atoms with Crippen molar-refractivity contribution in [3.63, 3.8) is 0 Å². The first-order valence-corrected chi connectivity index (χ1v) is 5.66. The summed E-state index contributed by atoms with van der Waals surface area (Å²) < 4.78 is 13.4. The van der Waals surface area contributed by atoms with Gasteiger partial charge in [0.2, 0.25) is 0 Å². The summed E-state index contributed by atoms with van der Waals surface area (Å²) in [4.78, 5) is 12.6. The molecule has 0 saturated heterocycles. The number of benzene rings is 1. The normalized spacial score (nSPS) is 12.4. The molecule has 0 bridgehead atoms. The molecule has 1 aromatic heterocycles. The van der Waals surface area contributed by atoms with Crippen molar-refractivity contribution in [3.05, 3.63) is 58.0 Å². The van der Waals surface area contributed by atoms with Gasteiger partial charge in [0.05, 0.1) is 5.56 Å². The molecule has 0 spiro atoms. The number of carbonyl (C=O) groups excluding carboxylic acids is 1. The van der Waals surface area contributed by atoms with Gasteiger partial charge >= 0.3 is 0 Å². The Kier molecular flexibility index (Phi) is 3.12. The highest BCUT2D eigenvalue weighted by Gasteiger charge is 2.20. The number of ketones is 1. The zero-order chi connectivity index (χ0) is 11.5. The number of hydrogen-bond acceptors (Lipinski definition) is 3. The monoisotopic (exact) mass is 235 g/mol. The van der Waals surface area contributed by atoms with Gasteiger partial charge in [-0.1, -0.05) is 18.2 Å². The Hall–Kier alpha value is -1.52. The summed E-state index contributed by atoms with van der Waals surface area (Å²) in [5, 5.41) is 1.84. The fraction of sp³-hybridized carbons (Fsp3) is 0.0833. The summed E-state index contributed by atoms with van der Waals surface area (Å²) in [6.45, 7) is 0. The molecule has 2 nitrogen and oxygen atoms in total. The van der Waals surface area contributed by atoms with Crippen LogP contribution >= 0.6 is 11.3 Å². The van der Waals surface area contributed by atoms with Crippen molar-refractivity contribution < 1.29 is 9.18 Å². The molecule has 2 rings (SSSR count). The van der Waals surface area contributed by atoms with E-state index in [1.54, 1.807) is 18.2 Å². The molecule has 0 aliphatic rings. The smallest absolute Gasteiger partial charge is 0.187 e. The van der Waals surface area contributed by atoms with E-state index < -0.39 is 11.9 Å². The van der Waals surface area contributed by atoms with Crippen molar-refractivity contribution >= 4 is 17.1 Å². The Morgan fingerprint density at radius 2 is 2.00 bits per heavy atom. The summed E-state index contributed by atoms with van der Waals surface area (Å²) in [5.41, 5.74) is 5.82. The van der Waals surface area contributed by atoms with Crippen molar-refractivity contribution in [2.45, 2.75) is 6.04 Å². The van der Waals surface area contributed by atoms with Crippen molar-refractivity contribution in [2.24, 2.45) is 5.73 Å². The molecule has 0 fully saturated rings. The standard InChI is InChI=1S/C12H10FNOS/c13-9-5-2-1-4-8(9)12(15)11(14)10-6-3-7-16-10/h1-7,11H,14H2. The molecular weight excluding hydrogens is 225 g/mol. The summed E-state index contributed by atoms with van der Waals surface area (Å²) in [6, 6.07) is 8.68. The summed E-state index contributed by atoms with van der Waals surface area (Å²) in [6.07, 6.45) is 0. The van der Waals surface area contributed by atoms with Crippen molar-refractivity contribution in [3.8, 4) is 0 Å². The van der Waals surface area contributed by atoms with Crippen molar-refractivity contribution in [1.29, 1.82) is 0 Å². The summed E-state index contributed by atoms with van der Waals surface area (Å²) in [5.74, 6) is -0.917. The molecule has 0 aliphatic carbocycles. The van der Waals surface area contributed by atoms with Crippen LogP contribution in [0.5, 0.6) is 0 Å². The molecule has 2 N–H and O–H groups in total. The van der Waals surface area contributed by atoms with Crippen LogP contribution in [0.25, 0.3) is 0 Å². The van der Waals surface area contributed by atoms with E-state index in [9.17, 15) is 9.18 Å². The maximum absolute atomic E-state index is 13.4. The van der Waals surface area contributed by atoms with Gasteiger partial charge in [-0.25, -0.2) is 4.39 Å². The van der Waals surface area contributed by atoms with Gasteiger partial charge in [0.25, 0.3) is 0 Å². The second kappa shape index (κ2) is 4.55. The molecule has 0 radical (unpaired) electrons. The van der Waals surface area contributed by atoms with Crippen LogP contribution in [0, 0.1) is 5.82 Å². The lowest BCUT2D eigenvalue weighted by Gasteiger charge is -2.08. The van der Waals surface area contributed by atoms with Gasteiger partial charge in [-0.15, -0.1) is 11.3 Å². The number of thiophene rings is 1. The first kappa shape index (κ1) is 11.0. The average molecular weight is 235 g/mol. The predicted octanol–water partition coefficient (Wildman–Crippen LogP) is 2.77. The molecule has 0 aliphatic heterocycles. The minimum absolute atomic E-state index is 0.0448. The van der Waals surface area contributed by atoms with Gasteiger partial charge in [0.15, 0.2) is 5.78 Å². The zero-order valence-corrected chi connectivity index (χ0v) is 9.21. The fourth-order valence-corrected chi connectivity index (χ4v) is 2.15. The number of rotatable bonds is 3. The number of hydrogen-bond donors (Lipinski definition) is 1. The molecule has 0 saturated carbocycles. The third kappa shape index (κ3) is 2.03. The van der Waals surface area contributed by atoms with E-state index in [0.717, 1.165) is 4.88 Å². The van der Waals surface area contributed by atoms with Gasteiger partial charge in [-0.05, 0) is 23.6 Å². The second-order valence-corrected chi connectivity index (χ2v) is 4.32. The first-order valence-electron chi connectivity index (χ1n) is 4.78. The topological polar surface area (TPSA) is 43.1 Å². The number of nitrogens with two attached hydrogens (primary N) is 1. The van der Waals surface area contributed by atoms with E-state index in [2.05, 4.69) is 0 Å². The van der Waals surface area contributed by atoms with E-state index in [1.807, 2.05) is 11.4 Å². The molecule has 1 unspecified atom stereocenters. The Morgan fingerprint density at radius 3 is 2.62 bits per heavy atom. The van der Waals surface area contributed by atoms with Crippen LogP contribution in [-0.2, 0) is 0 Å². The molecular formula is C12H10FNOS. The molecule has 4 heteroatoms. The number of halogens is 1. The predicted molar refractivity (Wildman–Crippen MR) is 62.0 cm³/mol. The molecule has 1 atom stereocenters. The van der Waals surface area contributed by atoms with E-state index in [4.69, 9.17) is 5.73 Å². The molecule has 1 aromatic carbocycles. The van der Waals surface area contributed by atoms with Crippen LogP contribution in [0.15, 0.2) is 41.8 Å². The summed E-state index contributed by atoms with van der Waals surface area (Å²) >= 11 is 1.39. The van der Waals surface area contributed by atoms with Crippen LogP contribution in [-0.4, -0.2) is 5.78 Å². The van der Waals surface area contributed by atoms with E-state index in [1.165, 1.54) is 23.5 Å². The molecule has 82 valence electrons. The Bertz CT molecular complexity index is 495. The first-order chi connectivity index (χ1) is 7.70. The lowest BCUT2D eigenvalue weighted by atomic mass is 10.0. The number of Topliss-reactive ketones (excluding diaryl/α,β-unsaturated/α-hetero) is 1. The van der Waals surface area contributed by atoms with Gasteiger partial charge in [0.1, 0.15) is 11.9 Å². The highest BCUT2D eigenvalue weighted by Crippen LogP contribution is 2.21. The maximum Gasteiger partial charge on any atom is 0.187 e. The Balaban J connectivity index is 2.30. The van der Waals surface area contributed by atoms with Crippen LogP contribution in [0.1, 0.15) is 21.3 Å². The van der Waals surface area contributed by atoms with E-state index >= 15 is 0 Å². The lowest BCUT2D eigenvalue weighted by Crippen LogP contribution is -2.21. The van der Waals surface area contributed by atoms with E-state index in [-0.39, 0.29) is 11.3 Å². The zero-order valence-electron chi connectivity index (χ0n) is 8.39. The summed E-state index contributed by atoms with van der Waals surface area (Å²) in [7, 11) is 0. The minimum Gasteiger partial charge on any atom is -0.317 e. The third-order valence-electron chi connectivity index (χ3n) is 2.27. The third-order valence-corrected chi connectivity index (χ3v) is 3.23. The molecule has 2 aromatic rings. The van der Waals surface area contributed by atoms with Crippen LogP contribution in [0.4, 0.5) is 4.39 Å². The maximum atomic E-state index is 13.4. The van der Waals surface area contributed by atoms with Crippen molar-refractivity contribution in [1.82, 2.24) is 0 Å². The highest BCUT2D eigenvalue weighted by atomic mass is 32.1. The van der Waals surface area contributed by atoms with Crippen LogP contribution < -0.4 is 5.73 Å². The average Bonchev–Trinajstić information content (AvgIpc) is 2.81. The molecule has 0 amide bonds. The SMILES string of the molecule is NC(C(=O)c1ccccc1F)c1cccs1. The quantitative estimate of drug-likeness (QED) is 0.831. The second-order valence-electron chi connectivity index (χ2n) is 3.34. The van der Waals surface area contributed by atoms with E-state index in [0.29, 0.717) is 0 Å². The minimum atomic E-state index is -0.781. The Morgan fingerprint density at radius 1 is 1.25 bits per heavy atom. The highest BCUT2D eigenvalue weighted by molar-refractivity contribution is 7.10. The number of carbonyl (C=O) groups is 1. The van der Waals surface area contributed by atoms with Gasteiger partial charge in [-0.3, -0.25) is 4.79 Å². The molecule has 16 heavy (non-hydrogen) atoms. The van der Waals surface area contributed by atoms with Gasteiger partial charge < -0.3 is 5.73 Å².